The van der Waals surface area contributed by atoms with Crippen LogP contribution in [0.25, 0.3) is 0 Å². The third kappa shape index (κ3) is 2.40. The average Bonchev–Trinajstić information content (AvgIpc) is 2.71. The molecule has 4 heteroatoms. The zero-order valence-electron chi connectivity index (χ0n) is 8.43. The van der Waals surface area contributed by atoms with Gasteiger partial charge in [-0.1, -0.05) is 12.1 Å². The van der Waals surface area contributed by atoms with Crippen molar-refractivity contribution in [2.45, 2.75) is 23.6 Å². The van der Waals surface area contributed by atoms with E-state index >= 15 is 0 Å². The molecule has 0 spiro atoms. The summed E-state index contributed by atoms with van der Waals surface area (Å²) in [6.45, 7) is 2.59. The Labute approximate surface area is 92.7 Å². The molecule has 0 fully saturated rings. The van der Waals surface area contributed by atoms with E-state index in [1.807, 2.05) is 6.07 Å². The van der Waals surface area contributed by atoms with Gasteiger partial charge in [-0.15, -0.1) is 0 Å². The van der Waals surface area contributed by atoms with Crippen molar-refractivity contribution in [3.05, 3.63) is 41.8 Å². The molecular formula is C11H12N2OS. The molecule has 0 amide bonds. The van der Waals surface area contributed by atoms with Crippen LogP contribution in [-0.2, 0) is 6.54 Å². The zero-order chi connectivity index (χ0) is 10.7. The Hall–Kier alpha value is -1.26. The second-order valence-corrected chi connectivity index (χ2v) is 4.21. The molecule has 0 aliphatic heterocycles. The third-order valence-electron chi connectivity index (χ3n) is 2.05. The van der Waals surface area contributed by atoms with Crippen molar-refractivity contribution < 1.29 is 4.42 Å². The van der Waals surface area contributed by atoms with Gasteiger partial charge in [0.2, 0.25) is 0 Å². The number of benzene rings is 1. The molecule has 0 saturated heterocycles. The molecular weight excluding hydrogens is 208 g/mol. The van der Waals surface area contributed by atoms with E-state index in [1.165, 1.54) is 17.3 Å². The van der Waals surface area contributed by atoms with E-state index in [-0.39, 0.29) is 0 Å². The van der Waals surface area contributed by atoms with Crippen molar-refractivity contribution in [2.24, 2.45) is 5.73 Å². The Bertz CT molecular complexity index is 440. The number of rotatable bonds is 3. The van der Waals surface area contributed by atoms with Crippen molar-refractivity contribution in [2.75, 3.05) is 0 Å². The van der Waals surface area contributed by atoms with Crippen LogP contribution in [0.4, 0.5) is 0 Å². The van der Waals surface area contributed by atoms with Gasteiger partial charge in [0.1, 0.15) is 6.26 Å². The van der Waals surface area contributed by atoms with Crippen molar-refractivity contribution in [1.29, 1.82) is 0 Å². The van der Waals surface area contributed by atoms with Crippen LogP contribution in [0.2, 0.25) is 0 Å². The van der Waals surface area contributed by atoms with Gasteiger partial charge in [0.15, 0.2) is 0 Å². The summed E-state index contributed by atoms with van der Waals surface area (Å²) >= 11 is 1.50. The second kappa shape index (κ2) is 4.51. The molecule has 15 heavy (non-hydrogen) atoms. The number of hydrogen-bond donors (Lipinski definition) is 1. The molecule has 78 valence electrons. The van der Waals surface area contributed by atoms with E-state index in [9.17, 15) is 0 Å². The molecule has 2 rings (SSSR count). The molecule has 1 heterocycles. The van der Waals surface area contributed by atoms with Crippen LogP contribution in [0.5, 0.6) is 0 Å². The quantitative estimate of drug-likeness (QED) is 0.863. The Kier molecular flexibility index (Phi) is 3.08. The fraction of sp³-hybridized carbons (Fsp3) is 0.182. The number of nitrogens with zero attached hydrogens (tertiary/aromatic N) is 1. The van der Waals surface area contributed by atoms with E-state index in [0.29, 0.717) is 11.8 Å². The summed E-state index contributed by atoms with van der Waals surface area (Å²) < 4.78 is 5.19. The highest BCUT2D eigenvalue weighted by Gasteiger charge is 2.06. The van der Waals surface area contributed by atoms with E-state index in [4.69, 9.17) is 10.2 Å². The van der Waals surface area contributed by atoms with Gasteiger partial charge >= 0.3 is 0 Å². The summed E-state index contributed by atoms with van der Waals surface area (Å²) in [7, 11) is 0. The van der Waals surface area contributed by atoms with Crippen LogP contribution in [0.15, 0.2) is 45.2 Å². The van der Waals surface area contributed by atoms with Crippen molar-refractivity contribution in [3.8, 4) is 0 Å². The van der Waals surface area contributed by atoms with Gasteiger partial charge in [-0.2, -0.15) is 0 Å². The first-order valence-electron chi connectivity index (χ1n) is 4.66. The third-order valence-corrected chi connectivity index (χ3v) is 3.03. The monoisotopic (exact) mass is 220 g/mol. The molecule has 2 aromatic rings. The molecule has 0 bridgehead atoms. The normalized spacial score (nSPS) is 10.5. The molecule has 1 aromatic heterocycles. The van der Waals surface area contributed by atoms with E-state index in [1.54, 1.807) is 12.5 Å². The second-order valence-electron chi connectivity index (χ2n) is 3.22. The molecule has 3 nitrogen and oxygen atoms in total. The van der Waals surface area contributed by atoms with Crippen LogP contribution in [0.1, 0.15) is 11.1 Å². The molecule has 0 aliphatic carbocycles. The molecule has 2 N–H and O–H groups in total. The summed E-state index contributed by atoms with van der Waals surface area (Å²) in [6.07, 6.45) is 3.21. The minimum Gasteiger partial charge on any atom is -0.440 e. The van der Waals surface area contributed by atoms with Gasteiger partial charge in [0.25, 0.3) is 5.22 Å². The first-order valence-corrected chi connectivity index (χ1v) is 5.48. The summed E-state index contributed by atoms with van der Waals surface area (Å²) in [6, 6.07) is 6.19. The highest BCUT2D eigenvalue weighted by Crippen LogP contribution is 2.29. The minimum absolute atomic E-state index is 0.531. The number of oxazole rings is 1. The number of nitrogens with two attached hydrogens (primary N) is 1. The maximum Gasteiger partial charge on any atom is 0.260 e. The van der Waals surface area contributed by atoms with Crippen LogP contribution in [0, 0.1) is 6.92 Å². The lowest BCUT2D eigenvalue weighted by Crippen LogP contribution is -1.98. The van der Waals surface area contributed by atoms with Crippen LogP contribution >= 0.6 is 11.8 Å². The van der Waals surface area contributed by atoms with Gasteiger partial charge < -0.3 is 10.2 Å². The van der Waals surface area contributed by atoms with Crippen molar-refractivity contribution >= 4 is 11.8 Å². The van der Waals surface area contributed by atoms with Gasteiger partial charge in [-0.25, -0.2) is 4.98 Å². The SMILES string of the molecule is Cc1ccc(CN)c(Sc2ncco2)c1. The molecule has 0 aliphatic rings. The maximum atomic E-state index is 5.67. The molecule has 0 unspecified atom stereocenters. The first kappa shape index (κ1) is 10.3. The van der Waals surface area contributed by atoms with Crippen molar-refractivity contribution in [3.63, 3.8) is 0 Å². The number of aromatic nitrogens is 1. The van der Waals surface area contributed by atoms with E-state index in [2.05, 4.69) is 24.0 Å². The average molecular weight is 220 g/mol. The maximum absolute atomic E-state index is 5.67. The Balaban J connectivity index is 2.30. The predicted molar refractivity (Wildman–Crippen MR) is 59.7 cm³/mol. The topological polar surface area (TPSA) is 52.0 Å². The first-order chi connectivity index (χ1) is 7.29. The fourth-order valence-electron chi connectivity index (χ4n) is 1.28. The molecule has 0 saturated carbocycles. The summed E-state index contributed by atoms with van der Waals surface area (Å²) in [5.41, 5.74) is 7.99. The highest BCUT2D eigenvalue weighted by molar-refractivity contribution is 7.99. The van der Waals surface area contributed by atoms with Crippen molar-refractivity contribution in [1.82, 2.24) is 4.98 Å². The Morgan fingerprint density at radius 1 is 1.47 bits per heavy atom. The lowest BCUT2D eigenvalue weighted by Gasteiger charge is -2.05. The Morgan fingerprint density at radius 3 is 3.00 bits per heavy atom. The summed E-state index contributed by atoms with van der Waals surface area (Å²) in [4.78, 5) is 5.18. The molecule has 1 aromatic carbocycles. The number of hydrogen-bond acceptors (Lipinski definition) is 4. The summed E-state index contributed by atoms with van der Waals surface area (Å²) in [5, 5.41) is 0.648. The lowest BCUT2D eigenvalue weighted by molar-refractivity contribution is 0.454. The predicted octanol–water partition coefficient (Wildman–Crippen LogP) is 2.59. The number of aryl methyl sites for hydroxylation is 1. The van der Waals surface area contributed by atoms with Crippen LogP contribution in [-0.4, -0.2) is 4.98 Å². The van der Waals surface area contributed by atoms with Gasteiger partial charge in [-0.05, 0) is 35.9 Å². The Morgan fingerprint density at radius 2 is 2.33 bits per heavy atom. The van der Waals surface area contributed by atoms with Gasteiger partial charge in [-0.3, -0.25) is 0 Å². The molecule has 0 radical (unpaired) electrons. The van der Waals surface area contributed by atoms with Crippen LogP contribution < -0.4 is 5.73 Å². The largest absolute Gasteiger partial charge is 0.440 e. The van der Waals surface area contributed by atoms with Gasteiger partial charge in [0, 0.05) is 11.4 Å². The zero-order valence-corrected chi connectivity index (χ0v) is 9.25. The fourth-order valence-corrected chi connectivity index (χ4v) is 2.21. The lowest BCUT2D eigenvalue weighted by atomic mass is 10.1. The van der Waals surface area contributed by atoms with E-state index < -0.39 is 0 Å². The smallest absolute Gasteiger partial charge is 0.260 e. The summed E-state index contributed by atoms with van der Waals surface area (Å²) in [5.74, 6) is 0. The highest BCUT2D eigenvalue weighted by atomic mass is 32.2. The van der Waals surface area contributed by atoms with Crippen LogP contribution in [0.3, 0.4) is 0 Å². The minimum atomic E-state index is 0.531. The standard InChI is InChI=1S/C11H12N2OS/c1-8-2-3-9(7-12)10(6-8)15-11-13-4-5-14-11/h2-6H,7,12H2,1H3. The molecule has 0 atom stereocenters. The van der Waals surface area contributed by atoms with E-state index in [0.717, 1.165) is 10.5 Å². The van der Waals surface area contributed by atoms with Gasteiger partial charge in [0.05, 0.1) is 6.20 Å².